The summed E-state index contributed by atoms with van der Waals surface area (Å²) >= 11 is 0. The first kappa shape index (κ1) is 13.1. The van der Waals surface area contributed by atoms with Gasteiger partial charge in [-0.2, -0.15) is 5.26 Å². The largest absolute Gasteiger partial charge is 0.478 e. The minimum absolute atomic E-state index is 0.0464. The van der Waals surface area contributed by atoms with Crippen LogP contribution < -0.4 is 0 Å². The van der Waals surface area contributed by atoms with E-state index < -0.39 is 5.97 Å². The molecule has 1 N–H and O–H groups in total. The van der Waals surface area contributed by atoms with Gasteiger partial charge >= 0.3 is 5.97 Å². The lowest BCUT2D eigenvalue weighted by atomic mass is 9.95. The van der Waals surface area contributed by atoms with Gasteiger partial charge in [-0.1, -0.05) is 25.1 Å². The van der Waals surface area contributed by atoms with Gasteiger partial charge in [-0.25, -0.2) is 9.78 Å². The standard InChI is InChI=1S/C17H12N2O2/c1-2-10-8-15-12(16(17(20)21)13(10)9-18)7-11-5-3-4-6-14(11)19-15/h3-8H,2H2,1H3,(H,20,21). The van der Waals surface area contributed by atoms with Gasteiger partial charge in [0, 0.05) is 10.8 Å². The molecule has 2 aromatic carbocycles. The fourth-order valence-electron chi connectivity index (χ4n) is 2.60. The molecule has 3 rings (SSSR count). The Kier molecular flexibility index (Phi) is 3.03. The van der Waals surface area contributed by atoms with E-state index in [9.17, 15) is 15.2 Å². The first-order chi connectivity index (χ1) is 10.2. The van der Waals surface area contributed by atoms with Gasteiger partial charge in [-0.3, -0.25) is 0 Å². The summed E-state index contributed by atoms with van der Waals surface area (Å²) in [5.41, 5.74) is 2.42. The Morgan fingerprint density at radius 3 is 2.71 bits per heavy atom. The topological polar surface area (TPSA) is 74.0 Å². The predicted octanol–water partition coefficient (Wildman–Crippen LogP) is 3.52. The molecule has 102 valence electrons. The number of aromatic nitrogens is 1. The second kappa shape index (κ2) is 4.88. The van der Waals surface area contributed by atoms with Crippen LogP contribution in [0.3, 0.4) is 0 Å². The summed E-state index contributed by atoms with van der Waals surface area (Å²) in [6, 6.07) is 13.2. The Hall–Kier alpha value is -2.93. The van der Waals surface area contributed by atoms with E-state index >= 15 is 0 Å². The molecule has 0 saturated carbocycles. The number of hydrogen-bond donors (Lipinski definition) is 1. The molecule has 4 nitrogen and oxygen atoms in total. The zero-order valence-electron chi connectivity index (χ0n) is 11.4. The Morgan fingerprint density at radius 2 is 2.05 bits per heavy atom. The highest BCUT2D eigenvalue weighted by Crippen LogP contribution is 2.28. The fourth-order valence-corrected chi connectivity index (χ4v) is 2.60. The van der Waals surface area contributed by atoms with Crippen LogP contribution in [0.15, 0.2) is 36.4 Å². The molecule has 0 atom stereocenters. The molecule has 0 fully saturated rings. The summed E-state index contributed by atoms with van der Waals surface area (Å²) in [6.45, 7) is 1.90. The van der Waals surface area contributed by atoms with Gasteiger partial charge in [0.15, 0.2) is 0 Å². The number of aromatic carboxylic acids is 1. The smallest absolute Gasteiger partial charge is 0.337 e. The van der Waals surface area contributed by atoms with Crippen LogP contribution in [-0.2, 0) is 6.42 Å². The third-order valence-corrected chi connectivity index (χ3v) is 3.61. The first-order valence-corrected chi connectivity index (χ1v) is 6.64. The van der Waals surface area contributed by atoms with Crippen LogP contribution in [0.5, 0.6) is 0 Å². The van der Waals surface area contributed by atoms with Gasteiger partial charge in [0.05, 0.1) is 22.2 Å². The molecule has 0 saturated heterocycles. The lowest BCUT2D eigenvalue weighted by molar-refractivity contribution is 0.0698. The van der Waals surface area contributed by atoms with E-state index in [1.807, 2.05) is 43.3 Å². The predicted molar refractivity (Wildman–Crippen MR) is 80.3 cm³/mol. The number of benzene rings is 2. The van der Waals surface area contributed by atoms with Crippen molar-refractivity contribution in [1.82, 2.24) is 4.98 Å². The van der Waals surface area contributed by atoms with E-state index in [1.165, 1.54) is 0 Å². The van der Waals surface area contributed by atoms with Gasteiger partial charge < -0.3 is 5.11 Å². The van der Waals surface area contributed by atoms with Gasteiger partial charge in [-0.05, 0) is 30.2 Å². The van der Waals surface area contributed by atoms with Crippen molar-refractivity contribution in [3.63, 3.8) is 0 Å². The highest BCUT2D eigenvalue weighted by atomic mass is 16.4. The second-order valence-electron chi connectivity index (χ2n) is 4.80. The Labute approximate surface area is 121 Å². The summed E-state index contributed by atoms with van der Waals surface area (Å²) < 4.78 is 0. The number of nitriles is 1. The summed E-state index contributed by atoms with van der Waals surface area (Å²) in [6.07, 6.45) is 0.591. The Morgan fingerprint density at radius 1 is 1.29 bits per heavy atom. The van der Waals surface area contributed by atoms with E-state index in [4.69, 9.17) is 0 Å². The van der Waals surface area contributed by atoms with E-state index in [0.29, 0.717) is 22.9 Å². The number of carboxylic acids is 1. The maximum atomic E-state index is 11.6. The molecule has 0 aliphatic heterocycles. The van der Waals surface area contributed by atoms with Crippen molar-refractivity contribution in [1.29, 1.82) is 5.26 Å². The number of fused-ring (bicyclic) bond motifs is 2. The molecule has 3 aromatic rings. The number of nitrogens with zero attached hydrogens (tertiary/aromatic N) is 2. The number of rotatable bonds is 2. The zero-order valence-corrected chi connectivity index (χ0v) is 11.4. The number of aryl methyl sites for hydroxylation is 1. The first-order valence-electron chi connectivity index (χ1n) is 6.64. The van der Waals surface area contributed by atoms with Gasteiger partial charge in [0.2, 0.25) is 0 Å². The summed E-state index contributed by atoms with van der Waals surface area (Å²) in [5.74, 6) is -1.09. The molecule has 1 heterocycles. The Balaban J connectivity index is 2.54. The number of para-hydroxylation sites is 1. The average molecular weight is 276 g/mol. The SMILES string of the molecule is CCc1cc2nc3ccccc3cc2c(C(=O)O)c1C#N. The number of hydrogen-bond acceptors (Lipinski definition) is 3. The molecule has 0 unspecified atom stereocenters. The molecule has 0 bridgehead atoms. The van der Waals surface area contributed by atoms with E-state index in [1.54, 1.807) is 6.07 Å². The van der Waals surface area contributed by atoms with E-state index in [-0.39, 0.29) is 11.1 Å². The van der Waals surface area contributed by atoms with Crippen molar-refractivity contribution in [3.05, 3.63) is 53.1 Å². The molecule has 0 aliphatic carbocycles. The molecule has 4 heteroatoms. The maximum Gasteiger partial charge on any atom is 0.337 e. The van der Waals surface area contributed by atoms with Crippen molar-refractivity contribution in [3.8, 4) is 6.07 Å². The molecular weight excluding hydrogens is 264 g/mol. The molecular formula is C17H12N2O2. The van der Waals surface area contributed by atoms with Crippen molar-refractivity contribution in [2.45, 2.75) is 13.3 Å². The van der Waals surface area contributed by atoms with Crippen LogP contribution in [0, 0.1) is 11.3 Å². The fraction of sp³-hybridized carbons (Fsp3) is 0.118. The van der Waals surface area contributed by atoms with Gasteiger partial charge in [-0.15, -0.1) is 0 Å². The quantitative estimate of drug-likeness (QED) is 0.727. The van der Waals surface area contributed by atoms with Crippen molar-refractivity contribution < 1.29 is 9.90 Å². The molecule has 21 heavy (non-hydrogen) atoms. The second-order valence-corrected chi connectivity index (χ2v) is 4.80. The minimum Gasteiger partial charge on any atom is -0.478 e. The summed E-state index contributed by atoms with van der Waals surface area (Å²) in [5, 5.41) is 20.2. The van der Waals surface area contributed by atoms with Gasteiger partial charge in [0.25, 0.3) is 0 Å². The zero-order chi connectivity index (χ0) is 15.0. The van der Waals surface area contributed by atoms with Crippen molar-refractivity contribution >= 4 is 27.8 Å². The minimum atomic E-state index is -1.09. The van der Waals surface area contributed by atoms with E-state index in [0.717, 1.165) is 10.9 Å². The molecule has 0 spiro atoms. The number of pyridine rings is 1. The van der Waals surface area contributed by atoms with Crippen LogP contribution in [0.4, 0.5) is 0 Å². The number of carbonyl (C=O) groups is 1. The maximum absolute atomic E-state index is 11.6. The van der Waals surface area contributed by atoms with E-state index in [2.05, 4.69) is 4.98 Å². The van der Waals surface area contributed by atoms with Crippen LogP contribution in [0.25, 0.3) is 21.8 Å². The highest BCUT2D eigenvalue weighted by Gasteiger charge is 2.19. The van der Waals surface area contributed by atoms with Crippen LogP contribution in [0.2, 0.25) is 0 Å². The summed E-state index contributed by atoms with van der Waals surface area (Å²) in [4.78, 5) is 16.2. The Bertz CT molecular complexity index is 923. The van der Waals surface area contributed by atoms with Gasteiger partial charge in [0.1, 0.15) is 6.07 Å². The monoisotopic (exact) mass is 276 g/mol. The number of carboxylic acid groups (broad SMARTS) is 1. The average Bonchev–Trinajstić information content (AvgIpc) is 2.50. The van der Waals surface area contributed by atoms with Crippen LogP contribution in [0.1, 0.15) is 28.4 Å². The van der Waals surface area contributed by atoms with Crippen molar-refractivity contribution in [2.24, 2.45) is 0 Å². The molecule has 0 aliphatic rings. The lowest BCUT2D eigenvalue weighted by Crippen LogP contribution is -2.05. The molecule has 0 radical (unpaired) electrons. The van der Waals surface area contributed by atoms with Crippen LogP contribution in [-0.4, -0.2) is 16.1 Å². The van der Waals surface area contributed by atoms with Crippen LogP contribution >= 0.6 is 0 Å². The molecule has 0 amide bonds. The normalized spacial score (nSPS) is 10.7. The lowest BCUT2D eigenvalue weighted by Gasteiger charge is -2.10. The molecule has 1 aromatic heterocycles. The summed E-state index contributed by atoms with van der Waals surface area (Å²) in [7, 11) is 0. The van der Waals surface area contributed by atoms with Crippen molar-refractivity contribution in [2.75, 3.05) is 0 Å². The third-order valence-electron chi connectivity index (χ3n) is 3.61. The highest BCUT2D eigenvalue weighted by molar-refractivity contribution is 6.08. The third kappa shape index (κ3) is 2.00.